The van der Waals surface area contributed by atoms with Gasteiger partial charge in [-0.3, -0.25) is 4.79 Å². The highest BCUT2D eigenvalue weighted by Gasteiger charge is 2.21. The number of amides is 1. The van der Waals surface area contributed by atoms with Gasteiger partial charge in [-0.05, 0) is 12.8 Å². The zero-order valence-electron chi connectivity index (χ0n) is 11.2. The molecule has 1 rings (SSSR count). The average molecular weight is 285 g/mol. The Morgan fingerprint density at radius 3 is 2.28 bits per heavy atom. The Morgan fingerprint density at radius 2 is 1.72 bits per heavy atom. The van der Waals surface area contributed by atoms with Crippen LogP contribution >= 0.6 is 24.0 Å². The van der Waals surface area contributed by atoms with Gasteiger partial charge in [0.05, 0.1) is 4.91 Å². The van der Waals surface area contributed by atoms with E-state index in [2.05, 4.69) is 12.2 Å². The summed E-state index contributed by atoms with van der Waals surface area (Å²) in [5.41, 5.74) is 0. The SMILES string of the molecule is CCCCCCCCCCC=C1SC(=S)NC1=O. The van der Waals surface area contributed by atoms with E-state index in [1.807, 2.05) is 6.08 Å². The summed E-state index contributed by atoms with van der Waals surface area (Å²) in [5, 5.41) is 2.63. The Bertz CT molecular complexity index is 313. The number of unbranched alkanes of at least 4 members (excludes halogenated alkanes) is 8. The molecule has 18 heavy (non-hydrogen) atoms. The lowest BCUT2D eigenvalue weighted by atomic mass is 10.1. The van der Waals surface area contributed by atoms with Gasteiger partial charge in [0.1, 0.15) is 4.32 Å². The maximum atomic E-state index is 11.4. The summed E-state index contributed by atoms with van der Waals surface area (Å²) in [6.45, 7) is 2.25. The summed E-state index contributed by atoms with van der Waals surface area (Å²) in [5.74, 6) is -0.0236. The number of rotatable bonds is 9. The number of hydrogen-bond acceptors (Lipinski definition) is 3. The van der Waals surface area contributed by atoms with E-state index in [1.54, 1.807) is 0 Å². The summed E-state index contributed by atoms with van der Waals surface area (Å²) < 4.78 is 0.585. The van der Waals surface area contributed by atoms with Gasteiger partial charge in [0.25, 0.3) is 5.91 Å². The number of carbonyl (C=O) groups excluding carboxylic acids is 1. The second kappa shape index (κ2) is 9.56. The van der Waals surface area contributed by atoms with Gasteiger partial charge in [-0.2, -0.15) is 0 Å². The monoisotopic (exact) mass is 285 g/mol. The zero-order valence-corrected chi connectivity index (χ0v) is 12.8. The van der Waals surface area contributed by atoms with Crippen molar-refractivity contribution in [2.45, 2.75) is 64.7 Å². The van der Waals surface area contributed by atoms with Crippen molar-refractivity contribution < 1.29 is 4.79 Å². The van der Waals surface area contributed by atoms with Crippen LogP contribution in [0.2, 0.25) is 0 Å². The first-order chi connectivity index (χ1) is 8.74. The van der Waals surface area contributed by atoms with Crippen LogP contribution < -0.4 is 5.32 Å². The third-order valence-electron chi connectivity index (χ3n) is 3.03. The van der Waals surface area contributed by atoms with E-state index >= 15 is 0 Å². The summed E-state index contributed by atoms with van der Waals surface area (Å²) in [4.78, 5) is 12.1. The fourth-order valence-electron chi connectivity index (χ4n) is 1.97. The number of allylic oxidation sites excluding steroid dienone is 1. The molecule has 0 aromatic heterocycles. The van der Waals surface area contributed by atoms with Crippen LogP contribution in [-0.4, -0.2) is 10.2 Å². The van der Waals surface area contributed by atoms with Gasteiger partial charge in [-0.25, -0.2) is 0 Å². The molecule has 1 aliphatic heterocycles. The van der Waals surface area contributed by atoms with Crippen LogP contribution in [0, 0.1) is 0 Å². The van der Waals surface area contributed by atoms with Crippen LogP contribution in [0.5, 0.6) is 0 Å². The van der Waals surface area contributed by atoms with Crippen molar-refractivity contribution in [2.24, 2.45) is 0 Å². The van der Waals surface area contributed by atoms with Crippen LogP contribution in [-0.2, 0) is 4.79 Å². The van der Waals surface area contributed by atoms with E-state index in [1.165, 1.54) is 63.1 Å². The van der Waals surface area contributed by atoms with Crippen molar-refractivity contribution >= 4 is 34.2 Å². The minimum absolute atomic E-state index is 0.0236. The van der Waals surface area contributed by atoms with Gasteiger partial charge >= 0.3 is 0 Å². The highest BCUT2D eigenvalue weighted by molar-refractivity contribution is 8.26. The Balaban J connectivity index is 1.97. The molecule has 4 heteroatoms. The minimum Gasteiger partial charge on any atom is -0.307 e. The van der Waals surface area contributed by atoms with Gasteiger partial charge in [0, 0.05) is 0 Å². The summed E-state index contributed by atoms with van der Waals surface area (Å²) in [6.07, 6.45) is 13.6. The van der Waals surface area contributed by atoms with Gasteiger partial charge < -0.3 is 5.32 Å². The molecule has 1 N–H and O–H groups in total. The normalized spacial score (nSPS) is 17.5. The molecule has 0 unspecified atom stereocenters. The van der Waals surface area contributed by atoms with Crippen LogP contribution in [0.3, 0.4) is 0 Å². The molecule has 2 nitrogen and oxygen atoms in total. The predicted octanol–water partition coefficient (Wildman–Crippen LogP) is 4.55. The Hall–Kier alpha value is -0.350. The second-order valence-corrected chi connectivity index (χ2v) is 6.39. The highest BCUT2D eigenvalue weighted by Crippen LogP contribution is 2.24. The van der Waals surface area contributed by atoms with Crippen LogP contribution in [0.1, 0.15) is 64.7 Å². The summed E-state index contributed by atoms with van der Waals surface area (Å²) >= 11 is 6.32. The Morgan fingerprint density at radius 1 is 1.11 bits per heavy atom. The first-order valence-electron chi connectivity index (χ1n) is 6.97. The molecule has 0 saturated carbocycles. The molecular weight excluding hydrogens is 262 g/mol. The smallest absolute Gasteiger partial charge is 0.263 e. The molecule has 1 aliphatic rings. The maximum absolute atomic E-state index is 11.4. The molecule has 0 aliphatic carbocycles. The number of thiocarbonyl (C=S) groups is 1. The molecule has 0 bridgehead atoms. The molecule has 1 fully saturated rings. The van der Waals surface area contributed by atoms with Crippen LogP contribution in [0.4, 0.5) is 0 Å². The number of nitrogens with one attached hydrogen (secondary N) is 1. The third-order valence-corrected chi connectivity index (χ3v) is 4.24. The molecular formula is C14H23NOS2. The molecule has 0 atom stereocenters. The molecule has 0 aromatic rings. The van der Waals surface area contributed by atoms with Crippen molar-refractivity contribution in [3.63, 3.8) is 0 Å². The van der Waals surface area contributed by atoms with Gasteiger partial charge in [-0.15, -0.1) is 0 Å². The van der Waals surface area contributed by atoms with Crippen molar-refractivity contribution in [3.05, 3.63) is 11.0 Å². The van der Waals surface area contributed by atoms with Crippen LogP contribution in [0.25, 0.3) is 0 Å². The third kappa shape index (κ3) is 6.55. The van der Waals surface area contributed by atoms with E-state index in [9.17, 15) is 4.79 Å². The van der Waals surface area contributed by atoms with Crippen molar-refractivity contribution in [3.8, 4) is 0 Å². The van der Waals surface area contributed by atoms with E-state index in [0.29, 0.717) is 4.32 Å². The largest absolute Gasteiger partial charge is 0.307 e. The maximum Gasteiger partial charge on any atom is 0.263 e. The molecule has 1 amide bonds. The summed E-state index contributed by atoms with van der Waals surface area (Å²) in [6, 6.07) is 0. The molecule has 102 valence electrons. The number of carbonyl (C=O) groups is 1. The fraction of sp³-hybridized carbons (Fsp3) is 0.714. The molecule has 1 saturated heterocycles. The lowest BCUT2D eigenvalue weighted by Gasteiger charge is -2.00. The van der Waals surface area contributed by atoms with Gasteiger partial charge in [-0.1, -0.05) is 81.9 Å². The molecule has 0 radical (unpaired) electrons. The van der Waals surface area contributed by atoms with Crippen LogP contribution in [0.15, 0.2) is 11.0 Å². The number of hydrogen-bond donors (Lipinski definition) is 1. The van der Waals surface area contributed by atoms with E-state index in [4.69, 9.17) is 12.2 Å². The average Bonchev–Trinajstić information content (AvgIpc) is 2.66. The zero-order chi connectivity index (χ0) is 13.2. The fourth-order valence-corrected chi connectivity index (χ4v) is 3.02. The Labute approximate surface area is 120 Å². The Kier molecular flexibility index (Phi) is 8.34. The highest BCUT2D eigenvalue weighted by atomic mass is 32.2. The van der Waals surface area contributed by atoms with E-state index in [-0.39, 0.29) is 5.91 Å². The quantitative estimate of drug-likeness (QED) is 0.383. The topological polar surface area (TPSA) is 29.1 Å². The van der Waals surface area contributed by atoms with Gasteiger partial charge in [0.2, 0.25) is 0 Å². The first kappa shape index (κ1) is 15.7. The minimum atomic E-state index is -0.0236. The van der Waals surface area contributed by atoms with Gasteiger partial charge in [0.15, 0.2) is 0 Å². The lowest BCUT2D eigenvalue weighted by molar-refractivity contribution is -0.115. The standard InChI is InChI=1S/C14H23NOS2/c1-2-3-4-5-6-7-8-9-10-11-12-13(16)15-14(17)18-12/h11H,2-10H2,1H3,(H,15,16,17). The first-order valence-corrected chi connectivity index (χ1v) is 8.20. The lowest BCUT2D eigenvalue weighted by Crippen LogP contribution is -2.17. The van der Waals surface area contributed by atoms with Crippen molar-refractivity contribution in [1.82, 2.24) is 5.32 Å². The van der Waals surface area contributed by atoms with E-state index in [0.717, 1.165) is 11.3 Å². The van der Waals surface area contributed by atoms with E-state index < -0.39 is 0 Å². The predicted molar refractivity (Wildman–Crippen MR) is 83.6 cm³/mol. The van der Waals surface area contributed by atoms with Crippen molar-refractivity contribution in [2.75, 3.05) is 0 Å². The number of thioether (sulfide) groups is 1. The van der Waals surface area contributed by atoms with Crippen molar-refractivity contribution in [1.29, 1.82) is 0 Å². The molecule has 0 aromatic carbocycles. The summed E-state index contributed by atoms with van der Waals surface area (Å²) in [7, 11) is 0. The molecule has 1 heterocycles. The molecule has 0 spiro atoms. The second-order valence-electron chi connectivity index (χ2n) is 4.68.